The highest BCUT2D eigenvalue weighted by Crippen LogP contribution is 2.22. The maximum Gasteiger partial charge on any atom is 0.419 e. The number of nitrogens with one attached hydrogen (secondary N) is 1. The number of nitro benzene ring substituents is 1. The predicted octanol–water partition coefficient (Wildman–Crippen LogP) is 1.95. The molecular formula is C18H19F3N4O6. The van der Waals surface area contributed by atoms with Crippen LogP contribution in [0.2, 0.25) is 0 Å². The van der Waals surface area contributed by atoms with E-state index in [1.54, 1.807) is 5.32 Å². The summed E-state index contributed by atoms with van der Waals surface area (Å²) >= 11 is 0. The van der Waals surface area contributed by atoms with Gasteiger partial charge < -0.3 is 14.6 Å². The number of hydrogen-bond acceptors (Lipinski definition) is 6. The second-order valence-electron chi connectivity index (χ2n) is 7.11. The van der Waals surface area contributed by atoms with Gasteiger partial charge in [0.2, 0.25) is 11.8 Å². The van der Waals surface area contributed by atoms with Gasteiger partial charge in [0.1, 0.15) is 12.6 Å². The standard InChI is InChI=1S/C18H19F3N4O6/c19-18(20,21)10-22-16(27)13-3-1-7-23(13)15(26)4-2-8-24-12-6-5-11(25(29)30)9-14(12)31-17(24)28/h5-6,9,13H,1-4,7-8,10H2,(H,22,27). The largest absolute Gasteiger partial charge is 0.419 e. The van der Waals surface area contributed by atoms with Crippen LogP contribution in [-0.4, -0.2) is 51.5 Å². The first kappa shape index (κ1) is 22.3. The first-order valence-electron chi connectivity index (χ1n) is 9.48. The lowest BCUT2D eigenvalue weighted by Crippen LogP contribution is -2.48. The van der Waals surface area contributed by atoms with E-state index in [0.717, 1.165) is 6.07 Å². The minimum absolute atomic E-state index is 0.0326. The van der Waals surface area contributed by atoms with Crippen molar-refractivity contribution in [2.24, 2.45) is 0 Å². The van der Waals surface area contributed by atoms with Crippen molar-refractivity contribution in [3.63, 3.8) is 0 Å². The lowest BCUT2D eigenvalue weighted by atomic mass is 10.2. The number of aromatic nitrogens is 1. The van der Waals surface area contributed by atoms with Gasteiger partial charge in [-0.3, -0.25) is 24.3 Å². The fourth-order valence-corrected chi connectivity index (χ4v) is 3.56. The molecule has 1 fully saturated rings. The topological polar surface area (TPSA) is 128 Å². The van der Waals surface area contributed by atoms with E-state index in [1.807, 2.05) is 0 Å². The third-order valence-corrected chi connectivity index (χ3v) is 4.97. The minimum Gasteiger partial charge on any atom is -0.407 e. The number of nitrogens with zero attached hydrogens (tertiary/aromatic N) is 3. The number of carbonyl (C=O) groups excluding carboxylic acids is 2. The van der Waals surface area contributed by atoms with Crippen molar-refractivity contribution in [2.75, 3.05) is 13.1 Å². The van der Waals surface area contributed by atoms with E-state index in [4.69, 9.17) is 4.42 Å². The van der Waals surface area contributed by atoms with Gasteiger partial charge in [-0.05, 0) is 25.3 Å². The number of oxazole rings is 1. The Kier molecular flexibility index (Phi) is 6.32. The number of amides is 2. The molecule has 3 rings (SSSR count). The number of fused-ring (bicyclic) bond motifs is 1. The molecule has 2 heterocycles. The summed E-state index contributed by atoms with van der Waals surface area (Å²) in [5.41, 5.74) is 0.160. The quantitative estimate of drug-likeness (QED) is 0.514. The van der Waals surface area contributed by atoms with Crippen LogP contribution in [-0.2, 0) is 16.1 Å². The normalized spacial score (nSPS) is 16.6. The van der Waals surface area contributed by atoms with Gasteiger partial charge >= 0.3 is 11.9 Å². The number of halogens is 3. The summed E-state index contributed by atoms with van der Waals surface area (Å²) in [7, 11) is 0. The van der Waals surface area contributed by atoms with E-state index in [2.05, 4.69) is 0 Å². The molecule has 0 bridgehead atoms. The van der Waals surface area contributed by atoms with Gasteiger partial charge in [0.15, 0.2) is 5.58 Å². The van der Waals surface area contributed by atoms with Gasteiger partial charge in [0.25, 0.3) is 5.69 Å². The van der Waals surface area contributed by atoms with E-state index < -0.39 is 41.3 Å². The molecule has 2 aromatic rings. The molecule has 1 aliphatic heterocycles. The van der Waals surface area contributed by atoms with Crippen LogP contribution in [0.4, 0.5) is 18.9 Å². The summed E-state index contributed by atoms with van der Waals surface area (Å²) in [4.78, 5) is 48.0. The molecule has 0 radical (unpaired) electrons. The second-order valence-corrected chi connectivity index (χ2v) is 7.11. The van der Waals surface area contributed by atoms with Crippen LogP contribution in [0.1, 0.15) is 25.7 Å². The summed E-state index contributed by atoms with van der Waals surface area (Å²) in [5, 5.41) is 12.6. The van der Waals surface area contributed by atoms with Crippen LogP contribution >= 0.6 is 0 Å². The Morgan fingerprint density at radius 1 is 1.32 bits per heavy atom. The summed E-state index contributed by atoms with van der Waals surface area (Å²) in [6.45, 7) is -1.10. The SMILES string of the molecule is O=C(NCC(F)(F)F)C1CCCN1C(=O)CCCn1c(=O)oc2cc([N+](=O)[O-])ccc21. The summed E-state index contributed by atoms with van der Waals surface area (Å²) < 4.78 is 43.2. The van der Waals surface area contributed by atoms with Crippen molar-refractivity contribution in [3.05, 3.63) is 38.9 Å². The third-order valence-electron chi connectivity index (χ3n) is 4.97. The van der Waals surface area contributed by atoms with Gasteiger partial charge in [-0.1, -0.05) is 0 Å². The lowest BCUT2D eigenvalue weighted by molar-refractivity contribution is -0.384. The molecule has 1 N–H and O–H groups in total. The zero-order valence-corrected chi connectivity index (χ0v) is 16.2. The number of likely N-dealkylation sites (tertiary alicyclic amines) is 1. The molecule has 2 amide bonds. The Hall–Kier alpha value is -3.38. The minimum atomic E-state index is -4.54. The molecule has 0 spiro atoms. The lowest BCUT2D eigenvalue weighted by Gasteiger charge is -2.24. The molecule has 13 heteroatoms. The van der Waals surface area contributed by atoms with Gasteiger partial charge in [0, 0.05) is 25.6 Å². The number of alkyl halides is 3. The molecular weight excluding hydrogens is 425 g/mol. The van der Waals surface area contributed by atoms with Crippen molar-refractivity contribution in [2.45, 2.75) is 44.4 Å². The number of aryl methyl sites for hydroxylation is 1. The fraction of sp³-hybridized carbons (Fsp3) is 0.500. The third kappa shape index (κ3) is 5.22. The zero-order chi connectivity index (χ0) is 22.8. The van der Waals surface area contributed by atoms with Crippen molar-refractivity contribution in [1.82, 2.24) is 14.8 Å². The number of benzene rings is 1. The number of hydrogen-bond donors (Lipinski definition) is 1. The molecule has 1 saturated heterocycles. The molecule has 1 unspecified atom stereocenters. The Balaban J connectivity index is 1.59. The van der Waals surface area contributed by atoms with Crippen LogP contribution in [0.5, 0.6) is 0 Å². The fourth-order valence-electron chi connectivity index (χ4n) is 3.56. The number of carbonyl (C=O) groups is 2. The van der Waals surface area contributed by atoms with E-state index >= 15 is 0 Å². The van der Waals surface area contributed by atoms with E-state index in [-0.39, 0.29) is 43.6 Å². The number of rotatable bonds is 7. The molecule has 1 aromatic carbocycles. The van der Waals surface area contributed by atoms with Crippen LogP contribution in [0.15, 0.2) is 27.4 Å². The van der Waals surface area contributed by atoms with E-state index in [9.17, 15) is 37.7 Å². The number of non-ortho nitro benzene ring substituents is 1. The smallest absolute Gasteiger partial charge is 0.407 e. The highest BCUT2D eigenvalue weighted by atomic mass is 19.4. The van der Waals surface area contributed by atoms with Gasteiger partial charge in [-0.2, -0.15) is 13.2 Å². The van der Waals surface area contributed by atoms with E-state index in [0.29, 0.717) is 11.9 Å². The monoisotopic (exact) mass is 444 g/mol. The molecule has 1 aromatic heterocycles. The van der Waals surface area contributed by atoms with Crippen molar-refractivity contribution in [1.29, 1.82) is 0 Å². The first-order valence-corrected chi connectivity index (χ1v) is 9.48. The number of nitro groups is 1. The molecule has 0 aliphatic carbocycles. The molecule has 1 aliphatic rings. The Morgan fingerprint density at radius 3 is 2.74 bits per heavy atom. The molecule has 31 heavy (non-hydrogen) atoms. The van der Waals surface area contributed by atoms with Gasteiger partial charge in [0.05, 0.1) is 16.5 Å². The Labute approximate surface area is 172 Å². The van der Waals surface area contributed by atoms with Gasteiger partial charge in [-0.25, -0.2) is 4.79 Å². The highest BCUT2D eigenvalue weighted by molar-refractivity contribution is 5.88. The molecule has 10 nitrogen and oxygen atoms in total. The maximum atomic E-state index is 12.5. The predicted molar refractivity (Wildman–Crippen MR) is 100 cm³/mol. The average Bonchev–Trinajstić information content (AvgIpc) is 3.29. The van der Waals surface area contributed by atoms with Crippen molar-refractivity contribution in [3.8, 4) is 0 Å². The Morgan fingerprint density at radius 2 is 2.06 bits per heavy atom. The van der Waals surface area contributed by atoms with E-state index in [1.165, 1.54) is 21.6 Å². The molecule has 168 valence electrons. The maximum absolute atomic E-state index is 12.5. The second kappa shape index (κ2) is 8.78. The average molecular weight is 444 g/mol. The molecule has 0 saturated carbocycles. The van der Waals surface area contributed by atoms with Crippen LogP contribution < -0.4 is 11.1 Å². The zero-order valence-electron chi connectivity index (χ0n) is 16.2. The van der Waals surface area contributed by atoms with Crippen LogP contribution in [0.25, 0.3) is 11.1 Å². The van der Waals surface area contributed by atoms with Crippen LogP contribution in [0, 0.1) is 10.1 Å². The summed E-state index contributed by atoms with van der Waals surface area (Å²) in [6.07, 6.45) is -3.59. The summed E-state index contributed by atoms with van der Waals surface area (Å²) in [6, 6.07) is 2.79. The highest BCUT2D eigenvalue weighted by Gasteiger charge is 2.36. The summed E-state index contributed by atoms with van der Waals surface area (Å²) in [5.74, 6) is -1.98. The molecule has 1 atom stereocenters. The first-order chi connectivity index (χ1) is 14.6. The van der Waals surface area contributed by atoms with Crippen LogP contribution in [0.3, 0.4) is 0 Å². The Bertz CT molecular complexity index is 1060. The van der Waals surface area contributed by atoms with Gasteiger partial charge in [-0.15, -0.1) is 0 Å². The van der Waals surface area contributed by atoms with Crippen molar-refractivity contribution < 1.29 is 32.1 Å². The van der Waals surface area contributed by atoms with Crippen molar-refractivity contribution >= 4 is 28.6 Å².